The summed E-state index contributed by atoms with van der Waals surface area (Å²) in [6, 6.07) is 4.95. The van der Waals surface area contributed by atoms with Crippen LogP contribution in [-0.2, 0) is 9.59 Å². The number of rotatable bonds is 1. The van der Waals surface area contributed by atoms with E-state index in [1.807, 2.05) is 0 Å². The molecule has 5 heteroatoms. The molecule has 0 radical (unpaired) electrons. The molecule has 1 aromatic rings. The van der Waals surface area contributed by atoms with Crippen LogP contribution in [0.15, 0.2) is 33.8 Å². The minimum atomic E-state index is -0.276. The first kappa shape index (κ1) is 12.3. The Morgan fingerprint density at radius 1 is 1.12 bits per heavy atom. The maximum atomic E-state index is 11.9. The Balaban J connectivity index is 2.47. The highest BCUT2D eigenvalue weighted by Gasteiger charge is 2.34. The zero-order valence-corrected chi connectivity index (χ0v) is 11.6. The van der Waals surface area contributed by atoms with Gasteiger partial charge in [-0.15, -0.1) is 0 Å². The second kappa shape index (κ2) is 4.27. The lowest BCUT2D eigenvalue weighted by atomic mass is 10.2. The molecular weight excluding hydrogens is 305 g/mol. The maximum absolute atomic E-state index is 11.9. The van der Waals surface area contributed by atoms with E-state index in [2.05, 4.69) is 15.9 Å². The molecule has 0 N–H and O–H groups in total. The van der Waals surface area contributed by atoms with Crippen LogP contribution < -0.4 is 4.90 Å². The average Bonchev–Trinajstić information content (AvgIpc) is 2.48. The number of nitrogens with zero attached hydrogens (tertiary/aromatic N) is 1. The van der Waals surface area contributed by atoms with Crippen LogP contribution in [0.3, 0.4) is 0 Å². The van der Waals surface area contributed by atoms with Crippen LogP contribution in [0.25, 0.3) is 0 Å². The summed E-state index contributed by atoms with van der Waals surface area (Å²) in [5.74, 6) is -0.552. The summed E-state index contributed by atoms with van der Waals surface area (Å²) in [6.45, 7) is 3.31. The van der Waals surface area contributed by atoms with Crippen molar-refractivity contribution in [2.75, 3.05) is 4.90 Å². The number of carbonyl (C=O) groups is 2. The SMILES string of the molecule is CC1=C(C)C(=O)N(c2ccc(Cl)c(Br)c2)C1=O. The van der Waals surface area contributed by atoms with Crippen LogP contribution in [0.5, 0.6) is 0 Å². The van der Waals surface area contributed by atoms with Crippen LogP contribution >= 0.6 is 27.5 Å². The van der Waals surface area contributed by atoms with Crippen LogP contribution in [0.2, 0.25) is 5.02 Å². The molecule has 2 amide bonds. The van der Waals surface area contributed by atoms with Crippen molar-refractivity contribution in [2.24, 2.45) is 0 Å². The Labute approximate surface area is 112 Å². The van der Waals surface area contributed by atoms with Crippen molar-refractivity contribution in [3.8, 4) is 0 Å². The van der Waals surface area contributed by atoms with Gasteiger partial charge < -0.3 is 0 Å². The largest absolute Gasteiger partial charge is 0.269 e. The van der Waals surface area contributed by atoms with E-state index >= 15 is 0 Å². The molecule has 0 aliphatic carbocycles. The van der Waals surface area contributed by atoms with Gasteiger partial charge in [-0.25, -0.2) is 4.90 Å². The summed E-state index contributed by atoms with van der Waals surface area (Å²) < 4.78 is 0.652. The van der Waals surface area contributed by atoms with Crippen LogP contribution in [0.4, 0.5) is 5.69 Å². The molecule has 2 rings (SSSR count). The highest BCUT2D eigenvalue weighted by atomic mass is 79.9. The van der Waals surface area contributed by atoms with Gasteiger partial charge >= 0.3 is 0 Å². The molecule has 3 nitrogen and oxygen atoms in total. The van der Waals surface area contributed by atoms with Gasteiger partial charge in [-0.3, -0.25) is 9.59 Å². The first-order chi connectivity index (χ1) is 7.93. The van der Waals surface area contributed by atoms with Crippen molar-refractivity contribution < 1.29 is 9.59 Å². The van der Waals surface area contributed by atoms with Gasteiger partial charge in [-0.2, -0.15) is 0 Å². The summed E-state index contributed by atoms with van der Waals surface area (Å²) in [5, 5.41) is 0.536. The Bertz CT molecular complexity index is 542. The zero-order valence-electron chi connectivity index (χ0n) is 9.25. The normalized spacial score (nSPS) is 16.1. The summed E-state index contributed by atoms with van der Waals surface area (Å²) >= 11 is 9.14. The first-order valence-corrected chi connectivity index (χ1v) is 6.12. The van der Waals surface area contributed by atoms with E-state index < -0.39 is 0 Å². The van der Waals surface area contributed by atoms with E-state index in [0.717, 1.165) is 4.90 Å². The fourth-order valence-electron chi connectivity index (χ4n) is 1.61. The quantitative estimate of drug-likeness (QED) is 0.746. The van der Waals surface area contributed by atoms with E-state index in [4.69, 9.17) is 11.6 Å². The molecule has 0 spiro atoms. The third-order valence-corrected chi connectivity index (χ3v) is 3.99. The fraction of sp³-hybridized carbons (Fsp3) is 0.167. The molecule has 1 aliphatic rings. The average molecular weight is 315 g/mol. The molecule has 0 fully saturated rings. The van der Waals surface area contributed by atoms with Crippen molar-refractivity contribution in [1.82, 2.24) is 0 Å². The minimum absolute atomic E-state index is 0.276. The van der Waals surface area contributed by atoms with E-state index in [1.54, 1.807) is 32.0 Å². The Morgan fingerprint density at radius 2 is 1.65 bits per heavy atom. The van der Waals surface area contributed by atoms with Crippen LogP contribution in [0, 0.1) is 0 Å². The van der Waals surface area contributed by atoms with E-state index in [0.29, 0.717) is 26.3 Å². The highest BCUT2D eigenvalue weighted by Crippen LogP contribution is 2.31. The number of carbonyl (C=O) groups excluding carboxylic acids is 2. The first-order valence-electron chi connectivity index (χ1n) is 4.95. The number of hydrogen-bond acceptors (Lipinski definition) is 2. The van der Waals surface area contributed by atoms with Gasteiger partial charge in [-0.1, -0.05) is 11.6 Å². The molecular formula is C12H9BrClNO2. The van der Waals surface area contributed by atoms with Crippen molar-refractivity contribution in [3.63, 3.8) is 0 Å². The van der Waals surface area contributed by atoms with Crippen molar-refractivity contribution >= 4 is 45.0 Å². The Hall–Kier alpha value is -1.13. The molecule has 88 valence electrons. The fourth-order valence-corrected chi connectivity index (χ4v) is 2.09. The van der Waals surface area contributed by atoms with Gasteiger partial charge in [0.1, 0.15) is 0 Å². The van der Waals surface area contributed by atoms with E-state index in [9.17, 15) is 9.59 Å². The van der Waals surface area contributed by atoms with E-state index in [-0.39, 0.29) is 11.8 Å². The number of amides is 2. The third-order valence-electron chi connectivity index (χ3n) is 2.77. The Kier molecular flexibility index (Phi) is 3.10. The topological polar surface area (TPSA) is 37.4 Å². The minimum Gasteiger partial charge on any atom is -0.269 e. The smallest absolute Gasteiger partial charge is 0.261 e. The number of benzene rings is 1. The van der Waals surface area contributed by atoms with Crippen molar-refractivity contribution in [3.05, 3.63) is 38.8 Å². The molecule has 17 heavy (non-hydrogen) atoms. The molecule has 0 bridgehead atoms. The molecule has 0 unspecified atom stereocenters. The summed E-state index contributed by atoms with van der Waals surface area (Å²) in [5.41, 5.74) is 1.50. The molecule has 0 atom stereocenters. The number of anilines is 1. The second-order valence-corrected chi connectivity index (χ2v) is 5.06. The lowest BCUT2D eigenvalue weighted by Gasteiger charge is -2.15. The third kappa shape index (κ3) is 1.91. The van der Waals surface area contributed by atoms with Crippen molar-refractivity contribution in [2.45, 2.75) is 13.8 Å². The molecule has 0 saturated heterocycles. The standard InChI is InChI=1S/C12H9BrClNO2/c1-6-7(2)12(17)15(11(6)16)8-3-4-10(14)9(13)5-8/h3-5H,1-2H3. The van der Waals surface area contributed by atoms with Gasteiger partial charge in [0, 0.05) is 15.6 Å². The van der Waals surface area contributed by atoms with Gasteiger partial charge in [0.15, 0.2) is 0 Å². The predicted molar refractivity (Wildman–Crippen MR) is 70.0 cm³/mol. The zero-order chi connectivity index (χ0) is 12.7. The maximum Gasteiger partial charge on any atom is 0.261 e. The lowest BCUT2D eigenvalue weighted by molar-refractivity contribution is -0.120. The summed E-state index contributed by atoms with van der Waals surface area (Å²) in [6.07, 6.45) is 0. The van der Waals surface area contributed by atoms with Gasteiger partial charge in [0.05, 0.1) is 10.7 Å². The molecule has 1 aromatic carbocycles. The van der Waals surface area contributed by atoms with Gasteiger partial charge in [0.25, 0.3) is 11.8 Å². The summed E-state index contributed by atoms with van der Waals surface area (Å²) in [7, 11) is 0. The lowest BCUT2D eigenvalue weighted by Crippen LogP contribution is -2.31. The van der Waals surface area contributed by atoms with Gasteiger partial charge in [0.2, 0.25) is 0 Å². The van der Waals surface area contributed by atoms with Crippen LogP contribution in [0.1, 0.15) is 13.8 Å². The monoisotopic (exact) mass is 313 g/mol. The number of halogens is 2. The molecule has 0 aromatic heterocycles. The predicted octanol–water partition coefficient (Wildman–Crippen LogP) is 3.31. The molecule has 1 heterocycles. The molecule has 1 aliphatic heterocycles. The molecule has 0 saturated carbocycles. The Morgan fingerprint density at radius 3 is 2.12 bits per heavy atom. The number of hydrogen-bond donors (Lipinski definition) is 0. The highest BCUT2D eigenvalue weighted by molar-refractivity contribution is 9.10. The second-order valence-electron chi connectivity index (χ2n) is 3.79. The van der Waals surface area contributed by atoms with Crippen LogP contribution in [-0.4, -0.2) is 11.8 Å². The summed E-state index contributed by atoms with van der Waals surface area (Å²) in [4.78, 5) is 25.0. The van der Waals surface area contributed by atoms with Crippen molar-refractivity contribution in [1.29, 1.82) is 0 Å². The number of imide groups is 1. The van der Waals surface area contributed by atoms with E-state index in [1.165, 1.54) is 0 Å². The van der Waals surface area contributed by atoms with Gasteiger partial charge in [-0.05, 0) is 48.0 Å².